The van der Waals surface area contributed by atoms with E-state index in [0.717, 1.165) is 11.8 Å². The van der Waals surface area contributed by atoms with Crippen LogP contribution in [0.4, 0.5) is 5.69 Å². The molecule has 3 aromatic rings. The first-order valence-corrected chi connectivity index (χ1v) is 12.1. The van der Waals surface area contributed by atoms with Gasteiger partial charge in [-0.15, -0.1) is 0 Å². The van der Waals surface area contributed by atoms with Crippen molar-refractivity contribution in [3.05, 3.63) is 73.0 Å². The third kappa shape index (κ3) is 5.15. The Hall–Kier alpha value is -3.43. The molecule has 1 atom stereocenters. The van der Waals surface area contributed by atoms with Gasteiger partial charge in [0.1, 0.15) is 5.58 Å². The lowest BCUT2D eigenvalue weighted by atomic mass is 10.1. The maximum atomic E-state index is 13.2. The average Bonchev–Trinajstić information content (AvgIpc) is 3.11. The minimum Gasteiger partial charge on any atom is -0.451 e. The molecular weight excluding hydrogens is 442 g/mol. The zero-order valence-corrected chi connectivity index (χ0v) is 18.8. The van der Waals surface area contributed by atoms with Gasteiger partial charge in [0, 0.05) is 30.2 Å². The van der Waals surface area contributed by atoms with Crippen molar-refractivity contribution in [2.75, 3.05) is 18.4 Å². The summed E-state index contributed by atoms with van der Waals surface area (Å²) in [6, 6.07) is 14.7. The fourth-order valence-corrected chi connectivity index (χ4v) is 5.37. The van der Waals surface area contributed by atoms with Crippen LogP contribution in [0.25, 0.3) is 11.0 Å². The number of sulfonamides is 1. The number of nitrogens with zero attached hydrogens (tertiary/aromatic N) is 1. The number of benzene rings is 2. The fourth-order valence-electron chi connectivity index (χ4n) is 3.85. The molecule has 1 aliphatic heterocycles. The number of amides is 2. The fraction of sp³-hybridized carbons (Fsp3) is 0.250. The second-order valence-corrected chi connectivity index (χ2v) is 9.83. The summed E-state index contributed by atoms with van der Waals surface area (Å²) >= 11 is 0. The molecule has 8 nitrogen and oxygen atoms in total. The SMILES string of the molecule is C=CC(=O)NC1CCCCN(S(=O)(=O)c2ccc(NC(=O)c3cc4ccccc4o3)cc2)C1. The van der Waals surface area contributed by atoms with Crippen molar-refractivity contribution in [1.29, 1.82) is 0 Å². The molecule has 1 aromatic heterocycles. The molecule has 2 aromatic carbocycles. The number of hydrogen-bond donors (Lipinski definition) is 2. The van der Waals surface area contributed by atoms with Crippen LogP contribution in [0.2, 0.25) is 0 Å². The largest absolute Gasteiger partial charge is 0.451 e. The van der Waals surface area contributed by atoms with Crippen molar-refractivity contribution >= 4 is 38.5 Å². The molecule has 0 radical (unpaired) electrons. The van der Waals surface area contributed by atoms with Crippen LogP contribution in [0.5, 0.6) is 0 Å². The standard InChI is InChI=1S/C24H25N3O5S/c1-2-23(28)25-19-8-5-6-14-27(16-19)33(30,31)20-12-10-18(11-13-20)26-24(29)22-15-17-7-3-4-9-21(17)32-22/h2-4,7,9-13,15,19H,1,5-6,8,14,16H2,(H,25,28)(H,26,29). The molecular formula is C24H25N3O5S. The van der Waals surface area contributed by atoms with Crippen molar-refractivity contribution in [3.63, 3.8) is 0 Å². The number of hydrogen-bond acceptors (Lipinski definition) is 5. The predicted octanol–water partition coefficient (Wildman–Crippen LogP) is 3.53. The normalized spacial score (nSPS) is 17.3. The maximum absolute atomic E-state index is 13.2. The van der Waals surface area contributed by atoms with E-state index in [9.17, 15) is 18.0 Å². The van der Waals surface area contributed by atoms with Gasteiger partial charge in [-0.3, -0.25) is 9.59 Å². The monoisotopic (exact) mass is 467 g/mol. The molecule has 33 heavy (non-hydrogen) atoms. The summed E-state index contributed by atoms with van der Waals surface area (Å²) < 4.78 is 33.3. The number of nitrogens with one attached hydrogen (secondary N) is 2. The number of para-hydroxylation sites is 1. The molecule has 4 rings (SSSR count). The second kappa shape index (κ2) is 9.60. The minimum atomic E-state index is -3.75. The lowest BCUT2D eigenvalue weighted by Crippen LogP contribution is -2.44. The van der Waals surface area contributed by atoms with E-state index in [-0.39, 0.29) is 29.1 Å². The molecule has 0 saturated carbocycles. The Bertz CT molecular complexity index is 1250. The zero-order chi connectivity index (χ0) is 23.4. The van der Waals surface area contributed by atoms with Crippen LogP contribution < -0.4 is 10.6 Å². The molecule has 0 aliphatic carbocycles. The third-order valence-corrected chi connectivity index (χ3v) is 7.44. The van der Waals surface area contributed by atoms with Gasteiger partial charge in [-0.05, 0) is 55.3 Å². The van der Waals surface area contributed by atoms with E-state index >= 15 is 0 Å². The van der Waals surface area contributed by atoms with Crippen LogP contribution in [0.15, 0.2) is 76.6 Å². The highest BCUT2D eigenvalue weighted by molar-refractivity contribution is 7.89. The van der Waals surface area contributed by atoms with Gasteiger partial charge in [0.25, 0.3) is 5.91 Å². The van der Waals surface area contributed by atoms with Gasteiger partial charge in [0.2, 0.25) is 15.9 Å². The second-order valence-electron chi connectivity index (χ2n) is 7.90. The molecule has 0 spiro atoms. The van der Waals surface area contributed by atoms with Gasteiger partial charge in [0.15, 0.2) is 5.76 Å². The number of furan rings is 1. The van der Waals surface area contributed by atoms with E-state index in [1.54, 1.807) is 24.3 Å². The van der Waals surface area contributed by atoms with Crippen LogP contribution in [-0.4, -0.2) is 43.7 Å². The lowest BCUT2D eigenvalue weighted by molar-refractivity contribution is -0.117. The van der Waals surface area contributed by atoms with Crippen molar-refractivity contribution in [1.82, 2.24) is 9.62 Å². The number of carbonyl (C=O) groups excluding carboxylic acids is 2. The van der Waals surface area contributed by atoms with Crippen molar-refractivity contribution in [3.8, 4) is 0 Å². The van der Waals surface area contributed by atoms with Gasteiger partial charge in [-0.1, -0.05) is 31.2 Å². The van der Waals surface area contributed by atoms with Crippen molar-refractivity contribution in [2.24, 2.45) is 0 Å². The van der Waals surface area contributed by atoms with E-state index in [2.05, 4.69) is 17.2 Å². The maximum Gasteiger partial charge on any atom is 0.291 e. The Labute approximate surface area is 192 Å². The number of anilines is 1. The molecule has 9 heteroatoms. The summed E-state index contributed by atoms with van der Waals surface area (Å²) in [4.78, 5) is 24.3. The smallest absolute Gasteiger partial charge is 0.291 e. The first-order valence-electron chi connectivity index (χ1n) is 10.7. The molecule has 0 bridgehead atoms. The van der Waals surface area contributed by atoms with Gasteiger partial charge in [0.05, 0.1) is 4.90 Å². The minimum absolute atomic E-state index is 0.125. The summed E-state index contributed by atoms with van der Waals surface area (Å²) in [5, 5.41) is 6.35. The molecule has 2 amide bonds. The van der Waals surface area contributed by atoms with Gasteiger partial charge in [-0.25, -0.2) is 8.42 Å². The molecule has 1 aliphatic rings. The molecule has 1 fully saturated rings. The van der Waals surface area contributed by atoms with E-state index in [4.69, 9.17) is 4.42 Å². The Kier molecular flexibility index (Phi) is 6.62. The zero-order valence-electron chi connectivity index (χ0n) is 18.0. The molecule has 1 unspecified atom stereocenters. The number of fused-ring (bicyclic) bond motifs is 1. The van der Waals surface area contributed by atoms with Gasteiger partial charge < -0.3 is 15.1 Å². The summed E-state index contributed by atoms with van der Waals surface area (Å²) in [6.07, 6.45) is 3.42. The Morgan fingerprint density at radius 2 is 1.85 bits per heavy atom. The van der Waals surface area contributed by atoms with Crippen LogP contribution in [0.1, 0.15) is 29.8 Å². The van der Waals surface area contributed by atoms with Gasteiger partial charge in [-0.2, -0.15) is 4.31 Å². The van der Waals surface area contributed by atoms with Crippen LogP contribution in [0.3, 0.4) is 0 Å². The lowest BCUT2D eigenvalue weighted by Gasteiger charge is -2.24. The first kappa shape index (κ1) is 22.8. The van der Waals surface area contributed by atoms with Gasteiger partial charge >= 0.3 is 0 Å². The molecule has 2 N–H and O–H groups in total. The molecule has 172 valence electrons. The van der Waals surface area contributed by atoms with Crippen LogP contribution >= 0.6 is 0 Å². The quantitative estimate of drug-likeness (QED) is 0.539. The number of carbonyl (C=O) groups is 2. The van der Waals surface area contributed by atoms with Crippen molar-refractivity contribution in [2.45, 2.75) is 30.2 Å². The highest BCUT2D eigenvalue weighted by Crippen LogP contribution is 2.23. The number of rotatable bonds is 6. The Balaban J connectivity index is 1.46. The van der Waals surface area contributed by atoms with Crippen molar-refractivity contribution < 1.29 is 22.4 Å². The third-order valence-electron chi connectivity index (χ3n) is 5.57. The van der Waals surface area contributed by atoms with Crippen LogP contribution in [-0.2, 0) is 14.8 Å². The predicted molar refractivity (Wildman–Crippen MR) is 125 cm³/mol. The van der Waals surface area contributed by atoms with E-state index in [1.807, 2.05) is 18.2 Å². The van der Waals surface area contributed by atoms with E-state index in [0.29, 0.717) is 30.7 Å². The first-order chi connectivity index (χ1) is 15.9. The summed E-state index contributed by atoms with van der Waals surface area (Å²) in [5.41, 5.74) is 1.07. The summed E-state index contributed by atoms with van der Waals surface area (Å²) in [7, 11) is -3.75. The molecule has 2 heterocycles. The van der Waals surface area contributed by atoms with E-state index in [1.165, 1.54) is 22.5 Å². The Morgan fingerprint density at radius 3 is 2.58 bits per heavy atom. The summed E-state index contributed by atoms with van der Waals surface area (Å²) in [5.74, 6) is -0.566. The highest BCUT2D eigenvalue weighted by atomic mass is 32.2. The topological polar surface area (TPSA) is 109 Å². The highest BCUT2D eigenvalue weighted by Gasteiger charge is 2.29. The Morgan fingerprint density at radius 1 is 1.09 bits per heavy atom. The van der Waals surface area contributed by atoms with Crippen LogP contribution in [0, 0.1) is 0 Å². The average molecular weight is 468 g/mol. The summed E-state index contributed by atoms with van der Waals surface area (Å²) in [6.45, 7) is 4.03. The van der Waals surface area contributed by atoms with E-state index < -0.39 is 15.9 Å². The molecule has 1 saturated heterocycles.